The summed E-state index contributed by atoms with van der Waals surface area (Å²) in [6.45, 7) is 12.5. The van der Waals surface area contributed by atoms with E-state index >= 15 is 0 Å². The predicted octanol–water partition coefficient (Wildman–Crippen LogP) is 7.29. The molecule has 5 fully saturated rings. The van der Waals surface area contributed by atoms with Gasteiger partial charge in [-0.2, -0.15) is 0 Å². The van der Waals surface area contributed by atoms with Gasteiger partial charge in [-0.25, -0.2) is 0 Å². The maximum atomic E-state index is 13.4. The molecule has 0 aliphatic heterocycles. The van der Waals surface area contributed by atoms with Crippen LogP contribution in [-0.2, 0) is 4.79 Å². The minimum atomic E-state index is 0.157. The highest BCUT2D eigenvalue weighted by molar-refractivity contribution is 5.91. The van der Waals surface area contributed by atoms with Crippen LogP contribution in [0.15, 0.2) is 0 Å². The molecule has 28 heavy (non-hydrogen) atoms. The lowest BCUT2D eigenvalue weighted by Gasteiger charge is -2.58. The SMILES string of the molecule is CC(C)CCC[C@H](C)[C@H]1CC[C@@H]2[C@H]3CC(=O)[C@]45C[C@H]4CC[C@]5(C)[C@@H]3CC[C@@]21C. The lowest BCUT2D eigenvalue weighted by atomic mass is 9.45. The van der Waals surface area contributed by atoms with Gasteiger partial charge in [0.05, 0.1) is 0 Å². The molecular weight excluding hydrogens is 340 g/mol. The zero-order chi connectivity index (χ0) is 19.9. The van der Waals surface area contributed by atoms with E-state index in [-0.39, 0.29) is 5.41 Å². The van der Waals surface area contributed by atoms with Crippen LogP contribution >= 0.6 is 0 Å². The fraction of sp³-hybridized carbons (Fsp3) is 0.963. The molecule has 0 radical (unpaired) electrons. The normalized spacial score (nSPS) is 52.8. The average molecular weight is 385 g/mol. The van der Waals surface area contributed by atoms with Gasteiger partial charge < -0.3 is 0 Å². The smallest absolute Gasteiger partial charge is 0.140 e. The van der Waals surface area contributed by atoms with Gasteiger partial charge in [0.2, 0.25) is 0 Å². The number of carbonyl (C=O) groups excluding carboxylic acids is 1. The second-order valence-electron chi connectivity index (χ2n) is 12.9. The van der Waals surface area contributed by atoms with Gasteiger partial charge in [-0.05, 0) is 97.2 Å². The third kappa shape index (κ3) is 2.40. The van der Waals surface area contributed by atoms with Crippen LogP contribution in [0.3, 0.4) is 0 Å². The highest BCUT2D eigenvalue weighted by Gasteiger charge is 2.77. The third-order valence-electron chi connectivity index (χ3n) is 11.5. The second kappa shape index (κ2) is 6.34. The fourth-order valence-electron chi connectivity index (χ4n) is 10.0. The van der Waals surface area contributed by atoms with Gasteiger partial charge in [0.15, 0.2) is 0 Å². The zero-order valence-electron chi connectivity index (χ0n) is 19.2. The quantitative estimate of drug-likeness (QED) is 0.486. The van der Waals surface area contributed by atoms with Gasteiger partial charge in [-0.15, -0.1) is 0 Å². The predicted molar refractivity (Wildman–Crippen MR) is 116 cm³/mol. The summed E-state index contributed by atoms with van der Waals surface area (Å²) < 4.78 is 0. The molecule has 0 amide bonds. The zero-order valence-corrected chi connectivity index (χ0v) is 19.2. The van der Waals surface area contributed by atoms with Crippen LogP contribution in [0.1, 0.15) is 105 Å². The van der Waals surface area contributed by atoms with E-state index in [1.807, 2.05) is 0 Å². The Morgan fingerprint density at radius 1 is 0.964 bits per heavy atom. The van der Waals surface area contributed by atoms with Gasteiger partial charge in [-0.1, -0.05) is 53.9 Å². The molecule has 0 unspecified atom stereocenters. The maximum Gasteiger partial charge on any atom is 0.140 e. The van der Waals surface area contributed by atoms with Crippen LogP contribution in [0.25, 0.3) is 0 Å². The molecule has 9 atom stereocenters. The number of Topliss-reactive ketones (excluding diaryl/α,β-unsaturated/α-hetero) is 1. The van der Waals surface area contributed by atoms with E-state index in [1.54, 1.807) is 0 Å². The molecule has 5 saturated carbocycles. The Morgan fingerprint density at radius 2 is 1.75 bits per heavy atom. The summed E-state index contributed by atoms with van der Waals surface area (Å²) >= 11 is 0. The van der Waals surface area contributed by atoms with Crippen LogP contribution in [0, 0.1) is 57.7 Å². The summed E-state index contributed by atoms with van der Waals surface area (Å²) in [6, 6.07) is 0. The number of fused-ring (bicyclic) bond motifs is 4. The Labute approximate surface area is 173 Å². The van der Waals surface area contributed by atoms with E-state index in [0.29, 0.717) is 22.5 Å². The monoisotopic (exact) mass is 384 g/mol. The molecule has 0 aromatic rings. The Bertz CT molecular complexity index is 651. The largest absolute Gasteiger partial charge is 0.299 e. The Morgan fingerprint density at radius 3 is 2.46 bits per heavy atom. The molecular formula is C27H44O. The van der Waals surface area contributed by atoms with E-state index in [0.717, 1.165) is 41.9 Å². The molecule has 0 aromatic heterocycles. The topological polar surface area (TPSA) is 17.1 Å². The molecule has 1 nitrogen and oxygen atoms in total. The maximum absolute atomic E-state index is 13.4. The summed E-state index contributed by atoms with van der Waals surface area (Å²) in [4.78, 5) is 13.4. The molecule has 0 heterocycles. The van der Waals surface area contributed by atoms with Crippen molar-refractivity contribution < 1.29 is 4.79 Å². The van der Waals surface area contributed by atoms with Crippen molar-refractivity contribution in [2.45, 2.75) is 105 Å². The Kier molecular flexibility index (Phi) is 4.44. The van der Waals surface area contributed by atoms with E-state index < -0.39 is 0 Å². The molecule has 0 N–H and O–H groups in total. The van der Waals surface area contributed by atoms with Gasteiger partial charge >= 0.3 is 0 Å². The highest BCUT2D eigenvalue weighted by atomic mass is 16.1. The number of rotatable bonds is 5. The van der Waals surface area contributed by atoms with E-state index in [1.165, 1.54) is 64.2 Å². The Balaban J connectivity index is 1.35. The Hall–Kier alpha value is -0.330. The minimum Gasteiger partial charge on any atom is -0.299 e. The van der Waals surface area contributed by atoms with Crippen LogP contribution in [0.2, 0.25) is 0 Å². The van der Waals surface area contributed by atoms with Crippen LogP contribution in [0.4, 0.5) is 0 Å². The van der Waals surface area contributed by atoms with E-state index in [9.17, 15) is 4.79 Å². The molecule has 5 rings (SSSR count). The van der Waals surface area contributed by atoms with E-state index in [4.69, 9.17) is 0 Å². The van der Waals surface area contributed by atoms with Crippen molar-refractivity contribution in [2.24, 2.45) is 57.7 Å². The summed E-state index contributed by atoms with van der Waals surface area (Å²) in [7, 11) is 0. The lowest BCUT2D eigenvalue weighted by molar-refractivity contribution is -0.151. The van der Waals surface area contributed by atoms with Gasteiger partial charge in [0, 0.05) is 11.8 Å². The molecule has 1 spiro atoms. The summed E-state index contributed by atoms with van der Waals surface area (Å²) in [5, 5.41) is 0. The number of carbonyl (C=O) groups is 1. The fourth-order valence-corrected chi connectivity index (χ4v) is 10.0. The van der Waals surface area contributed by atoms with Crippen LogP contribution in [-0.4, -0.2) is 5.78 Å². The van der Waals surface area contributed by atoms with Crippen molar-refractivity contribution in [3.8, 4) is 0 Å². The molecule has 0 saturated heterocycles. The van der Waals surface area contributed by atoms with Crippen molar-refractivity contribution in [3.05, 3.63) is 0 Å². The van der Waals surface area contributed by atoms with Crippen molar-refractivity contribution in [3.63, 3.8) is 0 Å². The van der Waals surface area contributed by atoms with Gasteiger partial charge in [0.1, 0.15) is 5.78 Å². The molecule has 0 aromatic carbocycles. The van der Waals surface area contributed by atoms with Crippen LogP contribution in [0.5, 0.6) is 0 Å². The first-order valence-corrected chi connectivity index (χ1v) is 12.8. The summed E-state index contributed by atoms with van der Waals surface area (Å²) in [6.07, 6.45) is 14.8. The standard InChI is InChI=1S/C27H44O/c1-17(2)7-6-8-18(3)21-9-10-22-20-15-24(28)27-16-19(27)11-14-26(27,5)23(20)12-13-25(21,22)4/h17-23H,6-16H2,1-5H3/t18-,19+,20+,21+,22+,23+,25+,26+,27-/m0/s1. The highest BCUT2D eigenvalue weighted by Crippen LogP contribution is 2.80. The first-order valence-electron chi connectivity index (χ1n) is 12.8. The summed E-state index contributed by atoms with van der Waals surface area (Å²) in [5.74, 6) is 6.49. The molecule has 0 bridgehead atoms. The number of hydrogen-bond acceptors (Lipinski definition) is 1. The van der Waals surface area contributed by atoms with Crippen molar-refractivity contribution in [2.75, 3.05) is 0 Å². The van der Waals surface area contributed by atoms with Gasteiger partial charge in [-0.3, -0.25) is 4.79 Å². The van der Waals surface area contributed by atoms with Crippen LogP contribution < -0.4 is 0 Å². The van der Waals surface area contributed by atoms with Crippen molar-refractivity contribution in [1.82, 2.24) is 0 Å². The van der Waals surface area contributed by atoms with Crippen molar-refractivity contribution in [1.29, 1.82) is 0 Å². The molecule has 5 aliphatic rings. The van der Waals surface area contributed by atoms with Gasteiger partial charge in [0.25, 0.3) is 0 Å². The lowest BCUT2D eigenvalue weighted by Crippen LogP contribution is -2.55. The molecule has 158 valence electrons. The second-order valence-corrected chi connectivity index (χ2v) is 12.9. The molecule has 5 aliphatic carbocycles. The first kappa shape index (κ1) is 19.6. The summed E-state index contributed by atoms with van der Waals surface area (Å²) in [5.41, 5.74) is 1.03. The number of ketones is 1. The third-order valence-corrected chi connectivity index (χ3v) is 11.5. The minimum absolute atomic E-state index is 0.157. The first-order chi connectivity index (χ1) is 13.2. The average Bonchev–Trinajstić information content (AvgIpc) is 3.15. The number of hydrogen-bond donors (Lipinski definition) is 0. The van der Waals surface area contributed by atoms with Crippen molar-refractivity contribution >= 4 is 5.78 Å². The van der Waals surface area contributed by atoms with E-state index in [2.05, 4.69) is 34.6 Å². The molecule has 1 heteroatoms.